The Bertz CT molecular complexity index is 492. The molecule has 0 atom stereocenters. The highest BCUT2D eigenvalue weighted by molar-refractivity contribution is 5.56. The van der Waals surface area contributed by atoms with Gasteiger partial charge in [-0.3, -0.25) is 0 Å². The molecule has 1 aromatic carbocycles. The van der Waals surface area contributed by atoms with Crippen LogP contribution in [0.25, 0.3) is 0 Å². The van der Waals surface area contributed by atoms with Crippen molar-refractivity contribution in [2.24, 2.45) is 0 Å². The number of hydrogen-bond acceptors (Lipinski definition) is 2. The summed E-state index contributed by atoms with van der Waals surface area (Å²) in [4.78, 5) is 0. The fourth-order valence-corrected chi connectivity index (χ4v) is 1.77. The molecule has 2 rings (SSSR count). The minimum Gasteiger partial charge on any atom is -0.340 e. The van der Waals surface area contributed by atoms with Crippen LogP contribution in [0, 0.1) is 6.92 Å². The van der Waals surface area contributed by atoms with Crippen LogP contribution in [-0.2, 0) is 5.54 Å². The summed E-state index contributed by atoms with van der Waals surface area (Å²) in [5.41, 5.74) is 2.09. The van der Waals surface area contributed by atoms with Crippen molar-refractivity contribution in [2.45, 2.75) is 33.2 Å². The van der Waals surface area contributed by atoms with Gasteiger partial charge in [-0.1, -0.05) is 18.2 Å². The lowest BCUT2D eigenvalue weighted by molar-refractivity contribution is 0.359. The quantitative estimate of drug-likeness (QED) is 0.851. The fraction of sp³-hybridized carbons (Fsp3) is 0.357. The minimum atomic E-state index is -0.0224. The second-order valence-electron chi connectivity index (χ2n) is 5.24. The van der Waals surface area contributed by atoms with Crippen molar-refractivity contribution in [3.8, 4) is 0 Å². The predicted molar refractivity (Wildman–Crippen MR) is 71.7 cm³/mol. The number of aromatic nitrogens is 2. The van der Waals surface area contributed by atoms with Gasteiger partial charge < -0.3 is 5.32 Å². The lowest BCUT2D eigenvalue weighted by atomic mass is 10.1. The molecule has 0 aliphatic carbocycles. The molecule has 17 heavy (non-hydrogen) atoms. The Morgan fingerprint density at radius 3 is 2.35 bits per heavy atom. The molecule has 0 unspecified atom stereocenters. The van der Waals surface area contributed by atoms with Crippen LogP contribution in [0.15, 0.2) is 36.4 Å². The number of para-hydroxylation sites is 1. The summed E-state index contributed by atoms with van der Waals surface area (Å²) in [6.07, 6.45) is 0. The second kappa shape index (κ2) is 4.24. The number of nitrogens with zero attached hydrogens (tertiary/aromatic N) is 2. The Hall–Kier alpha value is -1.77. The Morgan fingerprint density at radius 1 is 1.12 bits per heavy atom. The molecule has 1 N–H and O–H groups in total. The maximum absolute atomic E-state index is 4.53. The third-order valence-electron chi connectivity index (χ3n) is 2.51. The van der Waals surface area contributed by atoms with Gasteiger partial charge in [-0.2, -0.15) is 5.10 Å². The smallest absolute Gasteiger partial charge is 0.129 e. The summed E-state index contributed by atoms with van der Waals surface area (Å²) in [6, 6.07) is 12.2. The molecule has 0 fully saturated rings. The standard InChI is InChI=1S/C14H19N3/c1-11-10-13(17(16-11)14(2,3)4)15-12-8-6-5-7-9-12/h5-10,15H,1-4H3. The minimum absolute atomic E-state index is 0.0224. The van der Waals surface area contributed by atoms with Crippen molar-refractivity contribution < 1.29 is 0 Å². The average Bonchev–Trinajstić information content (AvgIpc) is 2.60. The molecule has 2 aromatic rings. The van der Waals surface area contributed by atoms with Crippen LogP contribution in [0.3, 0.4) is 0 Å². The van der Waals surface area contributed by atoms with E-state index in [0.29, 0.717) is 0 Å². The van der Waals surface area contributed by atoms with E-state index in [1.807, 2.05) is 29.8 Å². The van der Waals surface area contributed by atoms with E-state index < -0.39 is 0 Å². The second-order valence-corrected chi connectivity index (χ2v) is 5.24. The van der Waals surface area contributed by atoms with Crippen molar-refractivity contribution in [2.75, 3.05) is 5.32 Å². The molecular formula is C14H19N3. The van der Waals surface area contributed by atoms with E-state index in [9.17, 15) is 0 Å². The number of aryl methyl sites for hydroxylation is 1. The first kappa shape index (κ1) is 11.7. The van der Waals surface area contributed by atoms with Crippen LogP contribution >= 0.6 is 0 Å². The lowest BCUT2D eigenvalue weighted by Gasteiger charge is -2.22. The summed E-state index contributed by atoms with van der Waals surface area (Å²) in [5, 5.41) is 7.93. The first-order chi connectivity index (χ1) is 7.97. The highest BCUT2D eigenvalue weighted by Gasteiger charge is 2.18. The summed E-state index contributed by atoms with van der Waals surface area (Å²) in [5.74, 6) is 1.03. The highest BCUT2D eigenvalue weighted by atomic mass is 15.4. The molecule has 0 radical (unpaired) electrons. The number of benzene rings is 1. The molecule has 1 heterocycles. The maximum atomic E-state index is 4.53. The zero-order valence-electron chi connectivity index (χ0n) is 10.9. The van der Waals surface area contributed by atoms with Gasteiger partial charge in [-0.25, -0.2) is 4.68 Å². The molecule has 90 valence electrons. The van der Waals surface area contributed by atoms with E-state index in [1.165, 1.54) is 0 Å². The van der Waals surface area contributed by atoms with Crippen LogP contribution in [0.1, 0.15) is 26.5 Å². The molecule has 0 amide bonds. The zero-order valence-corrected chi connectivity index (χ0v) is 10.9. The fourth-order valence-electron chi connectivity index (χ4n) is 1.77. The van der Waals surface area contributed by atoms with Crippen LogP contribution in [0.4, 0.5) is 11.5 Å². The summed E-state index contributed by atoms with van der Waals surface area (Å²) >= 11 is 0. The Morgan fingerprint density at radius 2 is 1.76 bits per heavy atom. The monoisotopic (exact) mass is 229 g/mol. The van der Waals surface area contributed by atoms with Crippen molar-refractivity contribution in [3.63, 3.8) is 0 Å². The largest absolute Gasteiger partial charge is 0.340 e. The van der Waals surface area contributed by atoms with Crippen LogP contribution in [0.2, 0.25) is 0 Å². The van der Waals surface area contributed by atoms with Gasteiger partial charge in [-0.15, -0.1) is 0 Å². The Labute approximate surface area is 102 Å². The molecule has 1 aromatic heterocycles. The van der Waals surface area contributed by atoms with E-state index in [4.69, 9.17) is 0 Å². The molecule has 3 nitrogen and oxygen atoms in total. The number of hydrogen-bond donors (Lipinski definition) is 1. The number of anilines is 2. The molecular weight excluding hydrogens is 210 g/mol. The van der Waals surface area contributed by atoms with Crippen molar-refractivity contribution in [3.05, 3.63) is 42.1 Å². The van der Waals surface area contributed by atoms with Crippen molar-refractivity contribution >= 4 is 11.5 Å². The number of nitrogens with one attached hydrogen (secondary N) is 1. The molecule has 0 bridgehead atoms. The zero-order chi connectivity index (χ0) is 12.5. The highest BCUT2D eigenvalue weighted by Crippen LogP contribution is 2.24. The predicted octanol–water partition coefficient (Wildman–Crippen LogP) is 3.69. The van der Waals surface area contributed by atoms with E-state index in [0.717, 1.165) is 17.2 Å². The van der Waals surface area contributed by atoms with E-state index in [2.05, 4.69) is 49.4 Å². The third kappa shape index (κ3) is 2.67. The van der Waals surface area contributed by atoms with Crippen LogP contribution < -0.4 is 5.32 Å². The van der Waals surface area contributed by atoms with E-state index >= 15 is 0 Å². The molecule has 3 heteroatoms. The van der Waals surface area contributed by atoms with Gasteiger partial charge in [0.1, 0.15) is 5.82 Å². The van der Waals surface area contributed by atoms with E-state index in [1.54, 1.807) is 0 Å². The van der Waals surface area contributed by atoms with Gasteiger partial charge in [0, 0.05) is 11.8 Å². The lowest BCUT2D eigenvalue weighted by Crippen LogP contribution is -2.24. The van der Waals surface area contributed by atoms with Gasteiger partial charge in [0.05, 0.1) is 11.2 Å². The van der Waals surface area contributed by atoms with Crippen LogP contribution in [0.5, 0.6) is 0 Å². The molecule has 0 aliphatic heterocycles. The van der Waals surface area contributed by atoms with E-state index in [-0.39, 0.29) is 5.54 Å². The SMILES string of the molecule is Cc1cc(Nc2ccccc2)n(C(C)(C)C)n1. The topological polar surface area (TPSA) is 29.9 Å². The molecule has 0 saturated carbocycles. The molecule has 0 aliphatic rings. The molecule has 0 spiro atoms. The van der Waals surface area contributed by atoms with Gasteiger partial charge >= 0.3 is 0 Å². The normalized spacial score (nSPS) is 11.5. The van der Waals surface area contributed by atoms with Gasteiger partial charge in [0.15, 0.2) is 0 Å². The summed E-state index contributed by atoms with van der Waals surface area (Å²) in [6.45, 7) is 8.46. The summed E-state index contributed by atoms with van der Waals surface area (Å²) in [7, 11) is 0. The van der Waals surface area contributed by atoms with Crippen LogP contribution in [-0.4, -0.2) is 9.78 Å². The first-order valence-electron chi connectivity index (χ1n) is 5.86. The number of rotatable bonds is 2. The van der Waals surface area contributed by atoms with Crippen molar-refractivity contribution in [1.82, 2.24) is 9.78 Å². The molecule has 0 saturated heterocycles. The van der Waals surface area contributed by atoms with Gasteiger partial charge in [-0.05, 0) is 39.8 Å². The maximum Gasteiger partial charge on any atom is 0.129 e. The van der Waals surface area contributed by atoms with Gasteiger partial charge in [0.2, 0.25) is 0 Å². The average molecular weight is 229 g/mol. The van der Waals surface area contributed by atoms with Crippen molar-refractivity contribution in [1.29, 1.82) is 0 Å². The third-order valence-corrected chi connectivity index (χ3v) is 2.51. The summed E-state index contributed by atoms with van der Waals surface area (Å²) < 4.78 is 2.02. The Kier molecular flexibility index (Phi) is 2.92. The van der Waals surface area contributed by atoms with Gasteiger partial charge in [0.25, 0.3) is 0 Å². The first-order valence-corrected chi connectivity index (χ1v) is 5.86. The Balaban J connectivity index is 2.33.